The fourth-order valence-electron chi connectivity index (χ4n) is 3.58. The Kier molecular flexibility index (Phi) is 6.69. The number of hydrogen-bond acceptors (Lipinski definition) is 4. The second-order valence-corrected chi connectivity index (χ2v) is 7.23. The Labute approximate surface area is 172 Å². The molecule has 5 nitrogen and oxygen atoms in total. The lowest BCUT2D eigenvalue weighted by atomic mass is 9.79. The van der Waals surface area contributed by atoms with Gasteiger partial charge in [0.1, 0.15) is 5.75 Å². The van der Waals surface area contributed by atoms with Crippen LogP contribution in [0.3, 0.4) is 0 Å². The Morgan fingerprint density at radius 2 is 1.72 bits per heavy atom. The molecular formula is C21H20ClF2NO4. The first-order valence-corrected chi connectivity index (χ1v) is 9.55. The first-order chi connectivity index (χ1) is 13.9. The number of carbonyl (C=O) groups excluding carboxylic acids is 2. The predicted molar refractivity (Wildman–Crippen MR) is 104 cm³/mol. The van der Waals surface area contributed by atoms with E-state index in [1.54, 1.807) is 30.3 Å². The van der Waals surface area contributed by atoms with Gasteiger partial charge in [0.25, 0.3) is 5.91 Å². The van der Waals surface area contributed by atoms with Crippen molar-refractivity contribution in [1.29, 1.82) is 0 Å². The molecule has 2 aromatic rings. The molecule has 2 aromatic carbocycles. The summed E-state index contributed by atoms with van der Waals surface area (Å²) in [5, 5.41) is 3.00. The second-order valence-electron chi connectivity index (χ2n) is 6.80. The molecular weight excluding hydrogens is 404 g/mol. The molecule has 0 atom stereocenters. The lowest BCUT2D eigenvalue weighted by Crippen LogP contribution is -2.36. The molecule has 1 fully saturated rings. The van der Waals surface area contributed by atoms with E-state index in [0.29, 0.717) is 17.9 Å². The standard InChI is InChI=1S/C21H20ClF2NO4/c22-15-9-7-14(8-10-15)21(11-3-4-12-21)19(27)28-13-18(26)25-16-5-1-2-6-17(16)29-20(23)24/h1-2,5-10,20H,3-4,11-13H2,(H,25,26). The van der Waals surface area contributed by atoms with Gasteiger partial charge in [-0.2, -0.15) is 8.78 Å². The largest absolute Gasteiger partial charge is 0.455 e. The van der Waals surface area contributed by atoms with Gasteiger partial charge in [-0.25, -0.2) is 0 Å². The van der Waals surface area contributed by atoms with Crippen molar-refractivity contribution in [3.63, 3.8) is 0 Å². The van der Waals surface area contributed by atoms with E-state index >= 15 is 0 Å². The molecule has 1 aliphatic carbocycles. The SMILES string of the molecule is O=C(COC(=O)C1(c2ccc(Cl)cc2)CCCC1)Nc1ccccc1OC(F)F. The minimum absolute atomic E-state index is 0.0714. The molecule has 29 heavy (non-hydrogen) atoms. The Morgan fingerprint density at radius 3 is 2.38 bits per heavy atom. The highest BCUT2D eigenvalue weighted by Crippen LogP contribution is 2.42. The Balaban J connectivity index is 1.65. The van der Waals surface area contributed by atoms with Gasteiger partial charge in [0.05, 0.1) is 11.1 Å². The van der Waals surface area contributed by atoms with Crippen LogP contribution < -0.4 is 10.1 Å². The molecule has 0 aliphatic heterocycles. The number of halogens is 3. The number of benzene rings is 2. The molecule has 3 rings (SSSR count). The predicted octanol–water partition coefficient (Wildman–Crippen LogP) is 4.94. The molecule has 0 heterocycles. The van der Waals surface area contributed by atoms with Crippen LogP contribution in [0.1, 0.15) is 31.2 Å². The molecule has 154 valence electrons. The highest BCUT2D eigenvalue weighted by Gasteiger charge is 2.44. The maximum absolute atomic E-state index is 12.9. The number of rotatable bonds is 7. The lowest BCUT2D eigenvalue weighted by Gasteiger charge is -2.27. The molecule has 1 amide bonds. The fraction of sp³-hybridized carbons (Fsp3) is 0.333. The van der Waals surface area contributed by atoms with Crippen LogP contribution in [-0.2, 0) is 19.7 Å². The number of carbonyl (C=O) groups is 2. The first kappa shape index (κ1) is 21.0. The maximum Gasteiger partial charge on any atom is 0.387 e. The van der Waals surface area contributed by atoms with Crippen molar-refractivity contribution < 1.29 is 27.8 Å². The van der Waals surface area contributed by atoms with Gasteiger partial charge in [-0.05, 0) is 42.7 Å². The normalized spacial score (nSPS) is 15.2. The van der Waals surface area contributed by atoms with E-state index in [1.807, 2.05) is 0 Å². The van der Waals surface area contributed by atoms with Gasteiger partial charge < -0.3 is 14.8 Å². The number of ether oxygens (including phenoxy) is 2. The summed E-state index contributed by atoms with van der Waals surface area (Å²) < 4.78 is 34.6. The zero-order valence-electron chi connectivity index (χ0n) is 15.5. The summed E-state index contributed by atoms with van der Waals surface area (Å²) in [5.74, 6) is -1.30. The van der Waals surface area contributed by atoms with E-state index < -0.39 is 30.5 Å². The molecule has 8 heteroatoms. The molecule has 0 saturated heterocycles. The maximum atomic E-state index is 12.9. The Hall–Kier alpha value is -2.67. The molecule has 1 N–H and O–H groups in total. The van der Waals surface area contributed by atoms with Gasteiger partial charge in [0.2, 0.25) is 0 Å². The summed E-state index contributed by atoms with van der Waals surface area (Å²) >= 11 is 5.94. The summed E-state index contributed by atoms with van der Waals surface area (Å²) in [6.45, 7) is -3.55. The van der Waals surface area contributed by atoms with Gasteiger partial charge in [-0.15, -0.1) is 0 Å². The van der Waals surface area contributed by atoms with Gasteiger partial charge >= 0.3 is 12.6 Å². The number of anilines is 1. The van der Waals surface area contributed by atoms with Crippen LogP contribution in [0.15, 0.2) is 48.5 Å². The van der Waals surface area contributed by atoms with Gasteiger partial charge in [0.15, 0.2) is 6.61 Å². The molecule has 1 aliphatic rings. The summed E-state index contributed by atoms with van der Waals surface area (Å²) in [5.41, 5.74) is 0.0734. The topological polar surface area (TPSA) is 64.6 Å². The van der Waals surface area contributed by atoms with E-state index in [4.69, 9.17) is 16.3 Å². The van der Waals surface area contributed by atoms with Gasteiger partial charge in [-0.3, -0.25) is 9.59 Å². The van der Waals surface area contributed by atoms with Gasteiger partial charge in [0, 0.05) is 5.02 Å². The zero-order chi connectivity index (χ0) is 20.9. The Morgan fingerprint density at radius 1 is 1.07 bits per heavy atom. The average molecular weight is 424 g/mol. The average Bonchev–Trinajstić information content (AvgIpc) is 3.19. The number of para-hydroxylation sites is 2. The molecule has 0 aromatic heterocycles. The van der Waals surface area contributed by atoms with Crippen LogP contribution in [0.25, 0.3) is 0 Å². The van der Waals surface area contributed by atoms with Crippen molar-refractivity contribution in [2.24, 2.45) is 0 Å². The molecule has 0 unspecified atom stereocenters. The zero-order valence-corrected chi connectivity index (χ0v) is 16.3. The highest BCUT2D eigenvalue weighted by molar-refractivity contribution is 6.30. The van der Waals surface area contributed by atoms with E-state index in [0.717, 1.165) is 18.4 Å². The second kappa shape index (κ2) is 9.22. The Bertz CT molecular complexity index is 867. The van der Waals surface area contributed by atoms with E-state index in [-0.39, 0.29) is 11.4 Å². The molecule has 0 radical (unpaired) electrons. The van der Waals surface area contributed by atoms with E-state index in [9.17, 15) is 18.4 Å². The summed E-state index contributed by atoms with van der Waals surface area (Å²) in [6.07, 6.45) is 3.00. The number of amides is 1. The monoisotopic (exact) mass is 423 g/mol. The smallest absolute Gasteiger partial charge is 0.387 e. The summed E-state index contributed by atoms with van der Waals surface area (Å²) in [6, 6.07) is 12.8. The van der Waals surface area contributed by atoms with Crippen molar-refractivity contribution in [2.75, 3.05) is 11.9 Å². The van der Waals surface area contributed by atoms with Crippen molar-refractivity contribution in [3.05, 3.63) is 59.1 Å². The van der Waals surface area contributed by atoms with Crippen LogP contribution in [0.4, 0.5) is 14.5 Å². The van der Waals surface area contributed by atoms with Crippen LogP contribution in [-0.4, -0.2) is 25.1 Å². The van der Waals surface area contributed by atoms with E-state index in [1.165, 1.54) is 18.2 Å². The van der Waals surface area contributed by atoms with Crippen molar-refractivity contribution in [3.8, 4) is 5.75 Å². The van der Waals surface area contributed by atoms with Crippen molar-refractivity contribution in [2.45, 2.75) is 37.7 Å². The molecule has 0 spiro atoms. The van der Waals surface area contributed by atoms with Crippen LogP contribution in [0.2, 0.25) is 5.02 Å². The fourth-order valence-corrected chi connectivity index (χ4v) is 3.71. The lowest BCUT2D eigenvalue weighted by molar-refractivity contribution is -0.153. The van der Waals surface area contributed by atoms with Crippen LogP contribution in [0.5, 0.6) is 5.75 Å². The minimum atomic E-state index is -3.02. The highest BCUT2D eigenvalue weighted by atomic mass is 35.5. The van der Waals surface area contributed by atoms with Gasteiger partial charge in [-0.1, -0.05) is 48.7 Å². The van der Waals surface area contributed by atoms with Crippen molar-refractivity contribution in [1.82, 2.24) is 0 Å². The summed E-state index contributed by atoms with van der Waals surface area (Å²) in [7, 11) is 0. The van der Waals surface area contributed by atoms with Crippen molar-refractivity contribution >= 4 is 29.2 Å². The third kappa shape index (κ3) is 5.03. The third-order valence-corrected chi connectivity index (χ3v) is 5.21. The molecule has 1 saturated carbocycles. The molecule has 0 bridgehead atoms. The first-order valence-electron chi connectivity index (χ1n) is 9.18. The summed E-state index contributed by atoms with van der Waals surface area (Å²) in [4.78, 5) is 25.1. The number of hydrogen-bond donors (Lipinski definition) is 1. The quantitative estimate of drug-likeness (QED) is 0.641. The third-order valence-electron chi connectivity index (χ3n) is 4.96. The number of esters is 1. The van der Waals surface area contributed by atoms with Crippen LogP contribution >= 0.6 is 11.6 Å². The minimum Gasteiger partial charge on any atom is -0.455 e. The number of nitrogens with one attached hydrogen (secondary N) is 1. The van der Waals surface area contributed by atoms with Crippen LogP contribution in [0, 0.1) is 0 Å². The van der Waals surface area contributed by atoms with E-state index in [2.05, 4.69) is 10.1 Å². The number of alkyl halides is 2.